The van der Waals surface area contributed by atoms with Crippen LogP contribution in [0.5, 0.6) is 5.75 Å². The number of aromatic nitrogens is 3. The van der Waals surface area contributed by atoms with Crippen molar-refractivity contribution in [3.63, 3.8) is 0 Å². The van der Waals surface area contributed by atoms with Gasteiger partial charge in [-0.2, -0.15) is 15.2 Å². The zero-order chi connectivity index (χ0) is 26.4. The summed E-state index contributed by atoms with van der Waals surface area (Å²) in [6.07, 6.45) is 2.43. The normalized spacial score (nSPS) is 14.3. The van der Waals surface area contributed by atoms with Gasteiger partial charge in [-0.15, -0.1) is 5.10 Å². The second-order valence-electron chi connectivity index (χ2n) is 8.52. The third-order valence-electron chi connectivity index (χ3n) is 5.71. The minimum absolute atomic E-state index is 0.0385. The molecule has 1 aliphatic rings. The molecular formula is C25H24ClFN6O4. The third kappa shape index (κ3) is 6.61. The SMILES string of the molecule is COCCOc1ccc(C[C@H](NC(=O)c2cnn(-c3ccc(F)cc3)n2)C(=O)NC2(C#N)CC2)cc1Cl. The maximum atomic E-state index is 13.2. The monoisotopic (exact) mass is 526 g/mol. The van der Waals surface area contributed by atoms with E-state index >= 15 is 0 Å². The first-order valence-corrected chi connectivity index (χ1v) is 11.8. The first-order valence-electron chi connectivity index (χ1n) is 11.4. The third-order valence-corrected chi connectivity index (χ3v) is 6.01. The van der Waals surface area contributed by atoms with Crippen LogP contribution in [0.3, 0.4) is 0 Å². The number of nitriles is 1. The van der Waals surface area contributed by atoms with Gasteiger partial charge in [-0.05, 0) is 54.8 Å². The molecule has 12 heteroatoms. The molecular weight excluding hydrogens is 503 g/mol. The first-order chi connectivity index (χ1) is 17.8. The van der Waals surface area contributed by atoms with Crippen LogP contribution < -0.4 is 15.4 Å². The van der Waals surface area contributed by atoms with Gasteiger partial charge in [-0.25, -0.2) is 4.39 Å². The lowest BCUT2D eigenvalue weighted by Crippen LogP contribution is -2.51. The van der Waals surface area contributed by atoms with Crippen molar-refractivity contribution in [1.82, 2.24) is 25.6 Å². The molecule has 2 N–H and O–H groups in total. The summed E-state index contributed by atoms with van der Waals surface area (Å²) in [5.74, 6) is -1.09. The second-order valence-corrected chi connectivity index (χ2v) is 8.92. The minimum atomic E-state index is -1.02. The zero-order valence-electron chi connectivity index (χ0n) is 19.9. The summed E-state index contributed by atoms with van der Waals surface area (Å²) in [7, 11) is 1.56. The fourth-order valence-electron chi connectivity index (χ4n) is 3.48. The Hall–Kier alpha value is -4.01. The van der Waals surface area contributed by atoms with Crippen LogP contribution in [0.2, 0.25) is 5.02 Å². The van der Waals surface area contributed by atoms with E-state index in [0.717, 1.165) is 0 Å². The smallest absolute Gasteiger partial charge is 0.274 e. The number of benzene rings is 2. The Labute approximate surface area is 217 Å². The molecule has 37 heavy (non-hydrogen) atoms. The van der Waals surface area contributed by atoms with E-state index in [1.54, 1.807) is 25.3 Å². The van der Waals surface area contributed by atoms with Gasteiger partial charge in [0.1, 0.15) is 29.8 Å². The van der Waals surface area contributed by atoms with E-state index in [-0.39, 0.29) is 12.1 Å². The molecule has 1 fully saturated rings. The lowest BCUT2D eigenvalue weighted by Gasteiger charge is -2.20. The summed E-state index contributed by atoms with van der Waals surface area (Å²) in [6.45, 7) is 0.726. The van der Waals surface area contributed by atoms with Crippen LogP contribution in [-0.2, 0) is 16.0 Å². The van der Waals surface area contributed by atoms with Crippen LogP contribution in [0.1, 0.15) is 28.9 Å². The molecule has 1 heterocycles. The van der Waals surface area contributed by atoms with Crippen LogP contribution in [0.25, 0.3) is 5.69 Å². The molecule has 0 aliphatic heterocycles. The van der Waals surface area contributed by atoms with Crippen molar-refractivity contribution in [1.29, 1.82) is 5.26 Å². The molecule has 10 nitrogen and oxygen atoms in total. The molecule has 1 atom stereocenters. The quantitative estimate of drug-likeness (QED) is 0.367. The van der Waals surface area contributed by atoms with Gasteiger partial charge in [0.2, 0.25) is 5.91 Å². The summed E-state index contributed by atoms with van der Waals surface area (Å²) in [5.41, 5.74) is 0.175. The highest BCUT2D eigenvalue weighted by atomic mass is 35.5. The van der Waals surface area contributed by atoms with Crippen molar-refractivity contribution in [3.8, 4) is 17.5 Å². The maximum absolute atomic E-state index is 13.2. The Morgan fingerprint density at radius 3 is 2.65 bits per heavy atom. The molecule has 0 saturated heterocycles. The van der Waals surface area contributed by atoms with Crippen LogP contribution in [0, 0.1) is 17.1 Å². The van der Waals surface area contributed by atoms with Gasteiger partial charge in [-0.1, -0.05) is 17.7 Å². The van der Waals surface area contributed by atoms with Crippen molar-refractivity contribution < 1.29 is 23.5 Å². The van der Waals surface area contributed by atoms with Crippen molar-refractivity contribution in [3.05, 3.63) is 70.8 Å². The molecule has 2 aromatic carbocycles. The lowest BCUT2D eigenvalue weighted by atomic mass is 10.0. The van der Waals surface area contributed by atoms with Gasteiger partial charge in [0.15, 0.2) is 5.69 Å². The van der Waals surface area contributed by atoms with Crippen LogP contribution >= 0.6 is 11.6 Å². The molecule has 4 rings (SSSR count). The highest BCUT2D eigenvalue weighted by molar-refractivity contribution is 6.32. The van der Waals surface area contributed by atoms with Crippen molar-refractivity contribution in [2.45, 2.75) is 30.8 Å². The number of nitrogens with one attached hydrogen (secondary N) is 2. The highest BCUT2D eigenvalue weighted by Crippen LogP contribution is 2.34. The predicted molar refractivity (Wildman–Crippen MR) is 131 cm³/mol. The van der Waals surface area contributed by atoms with Gasteiger partial charge >= 0.3 is 0 Å². The largest absolute Gasteiger partial charge is 0.490 e. The molecule has 0 bridgehead atoms. The molecule has 2 amide bonds. The van der Waals surface area contributed by atoms with Gasteiger partial charge in [0, 0.05) is 13.5 Å². The van der Waals surface area contributed by atoms with Crippen LogP contribution in [0.4, 0.5) is 4.39 Å². The number of hydrogen-bond donors (Lipinski definition) is 2. The molecule has 1 aromatic heterocycles. The molecule has 0 spiro atoms. The van der Waals surface area contributed by atoms with E-state index in [4.69, 9.17) is 21.1 Å². The van der Waals surface area contributed by atoms with Crippen molar-refractivity contribution in [2.75, 3.05) is 20.3 Å². The second kappa shape index (κ2) is 11.4. The number of carbonyl (C=O) groups excluding carboxylic acids is 2. The van der Waals surface area contributed by atoms with Gasteiger partial charge in [0.25, 0.3) is 5.91 Å². The topological polar surface area (TPSA) is 131 Å². The number of nitrogens with zero attached hydrogens (tertiary/aromatic N) is 4. The Kier molecular flexibility index (Phi) is 8.01. The molecule has 192 valence electrons. The van der Waals surface area contributed by atoms with Gasteiger partial charge in [0.05, 0.1) is 29.6 Å². The summed E-state index contributed by atoms with van der Waals surface area (Å²) < 4.78 is 23.7. The number of halogens is 2. The molecule has 1 aliphatic carbocycles. The fourth-order valence-corrected chi connectivity index (χ4v) is 3.74. The first kappa shape index (κ1) is 26.1. The molecule has 3 aromatic rings. The number of rotatable bonds is 11. The molecule has 0 unspecified atom stereocenters. The standard InChI is InChI=1S/C25H24ClFN6O4/c1-36-10-11-37-22-7-2-16(12-19(22)26)13-20(24(35)31-25(15-28)8-9-25)30-23(34)21-14-29-33(32-21)18-5-3-17(27)4-6-18/h2-7,12,14,20H,8-11,13H2,1H3,(H,30,34)(H,31,35)/t20-/m0/s1. The Morgan fingerprint density at radius 2 is 2.00 bits per heavy atom. The Balaban J connectivity index is 1.50. The Bertz CT molecular complexity index is 1320. The lowest BCUT2D eigenvalue weighted by molar-refractivity contribution is -0.123. The molecule has 1 saturated carbocycles. The van der Waals surface area contributed by atoms with E-state index in [9.17, 15) is 19.2 Å². The average molecular weight is 527 g/mol. The summed E-state index contributed by atoms with van der Waals surface area (Å²) in [5, 5.41) is 23.3. The Morgan fingerprint density at radius 1 is 1.24 bits per heavy atom. The van der Waals surface area contributed by atoms with E-state index in [1.807, 2.05) is 0 Å². The van der Waals surface area contributed by atoms with Crippen molar-refractivity contribution in [2.24, 2.45) is 0 Å². The number of methoxy groups -OCH3 is 1. The van der Waals surface area contributed by atoms with Gasteiger partial charge < -0.3 is 20.1 Å². The number of ether oxygens (including phenoxy) is 2. The number of hydrogen-bond acceptors (Lipinski definition) is 7. The zero-order valence-corrected chi connectivity index (χ0v) is 20.7. The van der Waals surface area contributed by atoms with E-state index in [0.29, 0.717) is 48.1 Å². The summed E-state index contributed by atoms with van der Waals surface area (Å²) in [4.78, 5) is 27.2. The molecule has 0 radical (unpaired) electrons. The van der Waals surface area contributed by atoms with Crippen LogP contribution in [0.15, 0.2) is 48.7 Å². The predicted octanol–water partition coefficient (Wildman–Crippen LogP) is 2.60. The van der Waals surface area contributed by atoms with E-state index in [1.165, 1.54) is 35.3 Å². The van der Waals surface area contributed by atoms with E-state index in [2.05, 4.69) is 26.9 Å². The maximum Gasteiger partial charge on any atom is 0.274 e. The number of carbonyl (C=O) groups is 2. The van der Waals surface area contributed by atoms with Crippen molar-refractivity contribution >= 4 is 23.4 Å². The highest BCUT2D eigenvalue weighted by Gasteiger charge is 2.45. The van der Waals surface area contributed by atoms with E-state index < -0.39 is 29.2 Å². The minimum Gasteiger partial charge on any atom is -0.490 e. The number of amides is 2. The summed E-state index contributed by atoms with van der Waals surface area (Å²) >= 11 is 6.34. The average Bonchev–Trinajstić information content (AvgIpc) is 3.48. The van der Waals surface area contributed by atoms with Crippen LogP contribution in [-0.4, -0.2) is 58.7 Å². The fraction of sp³-hybridized carbons (Fsp3) is 0.320. The van der Waals surface area contributed by atoms with Gasteiger partial charge in [-0.3, -0.25) is 9.59 Å². The summed E-state index contributed by atoms with van der Waals surface area (Å²) in [6, 6.07) is 11.6.